The number of aromatic nitrogens is 2. The van der Waals surface area contributed by atoms with Gasteiger partial charge in [0.25, 0.3) is 0 Å². The number of ether oxygens (including phenoxy) is 2. The highest BCUT2D eigenvalue weighted by Gasteiger charge is 2.44. The van der Waals surface area contributed by atoms with Crippen LogP contribution in [0.15, 0.2) is 54.6 Å². The molecule has 15 heteroatoms. The van der Waals surface area contributed by atoms with Crippen LogP contribution in [0.1, 0.15) is 72.9 Å². The van der Waals surface area contributed by atoms with Crippen molar-refractivity contribution in [3.05, 3.63) is 87.4 Å². The fraction of sp³-hybridized carbons (Fsp3) is 0.415. The molecule has 3 aliphatic rings. The predicted octanol–water partition coefficient (Wildman–Crippen LogP) is 7.41. The smallest absolute Gasteiger partial charge is 0.419 e. The third-order valence-corrected chi connectivity index (χ3v) is 11.6. The van der Waals surface area contributed by atoms with E-state index >= 15 is 0 Å². The first kappa shape index (κ1) is 39.3. The van der Waals surface area contributed by atoms with E-state index in [0.717, 1.165) is 40.3 Å². The second-order valence-electron chi connectivity index (χ2n) is 14.7. The lowest BCUT2D eigenvalue weighted by atomic mass is 9.94. The normalized spacial score (nSPS) is 20.9. The number of anilines is 1. The zero-order chi connectivity index (χ0) is 39.8. The minimum atomic E-state index is -4.74. The monoisotopic (exact) mass is 792 g/mol. The van der Waals surface area contributed by atoms with Crippen LogP contribution in [0, 0.1) is 0 Å². The summed E-state index contributed by atoms with van der Waals surface area (Å²) < 4.78 is 55.1. The number of aliphatic carboxylic acids is 1. The number of hydrogen-bond donors (Lipinski definition) is 4. The van der Waals surface area contributed by atoms with Gasteiger partial charge >= 0.3 is 12.1 Å². The minimum Gasteiger partial charge on any atom is -0.481 e. The van der Waals surface area contributed by atoms with Gasteiger partial charge in [-0.25, -0.2) is 4.98 Å². The van der Waals surface area contributed by atoms with E-state index < -0.39 is 29.3 Å². The number of carboxylic acids is 1. The molecule has 1 amide bonds. The van der Waals surface area contributed by atoms with Crippen molar-refractivity contribution in [2.75, 3.05) is 32.6 Å². The Morgan fingerprint density at radius 3 is 2.46 bits per heavy atom. The number of likely N-dealkylation sites (tertiary alicyclic amines) is 1. The molecule has 0 bridgehead atoms. The number of rotatable bonds is 13. The molecule has 56 heavy (non-hydrogen) atoms. The zero-order valence-corrected chi connectivity index (χ0v) is 32.1. The maximum Gasteiger partial charge on any atom is 0.419 e. The van der Waals surface area contributed by atoms with E-state index in [-0.39, 0.29) is 35.8 Å². The summed E-state index contributed by atoms with van der Waals surface area (Å²) in [6.07, 6.45) is -1.30. The summed E-state index contributed by atoms with van der Waals surface area (Å²) in [7, 11) is 2.90. The van der Waals surface area contributed by atoms with Crippen LogP contribution in [-0.4, -0.2) is 70.7 Å². The van der Waals surface area contributed by atoms with Gasteiger partial charge in [0.05, 0.1) is 36.5 Å². The lowest BCUT2D eigenvalue weighted by molar-refractivity contribution is -0.149. The standard InChI is InChI=1S/C41H44ClF3N6O5/c1-40(39(53)54)17-6-18-51(40)22-24-19-31(41(43,44)45)36(50-38(24)56-3)48-32-15-13-27-26(7-4-8-28(27)32)29-9-5-10-30(35(29)42)33-14-11-23(37(49-33)55-2)20-46-21-25-12-16-34(52)47-25/h4-5,7-11,14,19,25,32,46H,6,12-13,15-18,20-22H2,1-3H3,(H,47,52)(H,48,50)(H,53,54)/t25-,32-,40+/m0/s1. The van der Waals surface area contributed by atoms with E-state index in [9.17, 15) is 27.9 Å². The average molecular weight is 793 g/mol. The molecule has 3 atom stereocenters. The predicted molar refractivity (Wildman–Crippen MR) is 206 cm³/mol. The van der Waals surface area contributed by atoms with Crippen LogP contribution in [0.25, 0.3) is 22.4 Å². The minimum absolute atomic E-state index is 0.00399. The maximum atomic E-state index is 14.7. The van der Waals surface area contributed by atoms with E-state index in [1.165, 1.54) is 7.11 Å². The first-order chi connectivity index (χ1) is 26.8. The molecule has 2 aliphatic heterocycles. The number of benzene rings is 2. The first-order valence-electron chi connectivity index (χ1n) is 18.7. The van der Waals surface area contributed by atoms with Crippen molar-refractivity contribution in [3.8, 4) is 34.1 Å². The summed E-state index contributed by atoms with van der Waals surface area (Å²) in [6, 6.07) is 15.9. The van der Waals surface area contributed by atoms with Crippen molar-refractivity contribution >= 4 is 29.3 Å². The van der Waals surface area contributed by atoms with Crippen LogP contribution in [0.5, 0.6) is 11.8 Å². The molecular formula is C41H44ClF3N6O5. The molecule has 4 heterocycles. The molecule has 2 saturated heterocycles. The Morgan fingerprint density at radius 1 is 1.02 bits per heavy atom. The molecule has 11 nitrogen and oxygen atoms in total. The van der Waals surface area contributed by atoms with Gasteiger partial charge in [0.1, 0.15) is 11.4 Å². The van der Waals surface area contributed by atoms with Gasteiger partial charge in [0, 0.05) is 54.4 Å². The summed E-state index contributed by atoms with van der Waals surface area (Å²) in [5.41, 5.74) is 3.63. The molecule has 1 aliphatic carbocycles. The number of alkyl halides is 3. The van der Waals surface area contributed by atoms with Crippen LogP contribution in [0.3, 0.4) is 0 Å². The lowest BCUT2D eigenvalue weighted by Crippen LogP contribution is -2.47. The topological polar surface area (TPSA) is 138 Å². The summed E-state index contributed by atoms with van der Waals surface area (Å²) in [5, 5.41) is 19.8. The molecule has 0 radical (unpaired) electrons. The first-order valence-corrected chi connectivity index (χ1v) is 19.0. The van der Waals surface area contributed by atoms with Crippen molar-refractivity contribution in [1.29, 1.82) is 0 Å². The molecule has 0 unspecified atom stereocenters. The van der Waals surface area contributed by atoms with Gasteiger partial charge in [0.15, 0.2) is 0 Å². The number of carboxylic acid groups (broad SMARTS) is 1. The number of pyridine rings is 2. The third kappa shape index (κ3) is 7.74. The van der Waals surface area contributed by atoms with Crippen LogP contribution >= 0.6 is 11.6 Å². The molecule has 4 aromatic rings. The van der Waals surface area contributed by atoms with Gasteiger partial charge in [-0.1, -0.05) is 54.1 Å². The van der Waals surface area contributed by atoms with Crippen LogP contribution < -0.4 is 25.4 Å². The highest BCUT2D eigenvalue weighted by Crippen LogP contribution is 2.45. The second-order valence-corrected chi connectivity index (χ2v) is 15.1. The van der Waals surface area contributed by atoms with Crippen molar-refractivity contribution in [2.45, 2.75) is 82.3 Å². The molecule has 2 fully saturated rings. The van der Waals surface area contributed by atoms with Gasteiger partial charge in [0.2, 0.25) is 17.7 Å². The Labute approximate surface area is 328 Å². The Bertz CT molecular complexity index is 2150. The van der Waals surface area contributed by atoms with E-state index in [1.54, 1.807) is 18.9 Å². The van der Waals surface area contributed by atoms with Gasteiger partial charge in [-0.3, -0.25) is 14.5 Å². The molecule has 2 aromatic heterocycles. The van der Waals surface area contributed by atoms with E-state index in [1.807, 2.05) is 48.5 Å². The van der Waals surface area contributed by atoms with Gasteiger partial charge < -0.3 is 30.5 Å². The lowest BCUT2D eigenvalue weighted by Gasteiger charge is -2.31. The molecular weight excluding hydrogens is 749 g/mol. The van der Waals surface area contributed by atoms with Crippen LogP contribution in [0.4, 0.5) is 19.0 Å². The number of nitrogens with zero attached hydrogens (tertiary/aromatic N) is 3. The molecule has 0 spiro atoms. The highest BCUT2D eigenvalue weighted by atomic mass is 35.5. The molecule has 2 aromatic carbocycles. The number of nitrogens with one attached hydrogen (secondary N) is 3. The van der Waals surface area contributed by atoms with Gasteiger partial charge in [-0.2, -0.15) is 18.2 Å². The Balaban J connectivity index is 1.14. The molecule has 0 saturated carbocycles. The largest absolute Gasteiger partial charge is 0.481 e. The molecule has 7 rings (SSSR count). The third-order valence-electron chi connectivity index (χ3n) is 11.2. The van der Waals surface area contributed by atoms with Gasteiger partial charge in [-0.05, 0) is 74.4 Å². The number of carbonyl (C=O) groups excluding carboxylic acids is 1. The van der Waals surface area contributed by atoms with Crippen LogP contribution in [-0.2, 0) is 35.3 Å². The maximum absolute atomic E-state index is 14.7. The van der Waals surface area contributed by atoms with E-state index in [2.05, 4.69) is 20.9 Å². The van der Waals surface area contributed by atoms with E-state index in [4.69, 9.17) is 26.1 Å². The Hall–Kier alpha value is -4.92. The van der Waals surface area contributed by atoms with Crippen molar-refractivity contribution in [3.63, 3.8) is 0 Å². The second kappa shape index (κ2) is 15.9. The van der Waals surface area contributed by atoms with Crippen molar-refractivity contribution < 1.29 is 37.3 Å². The van der Waals surface area contributed by atoms with E-state index in [0.29, 0.717) is 73.9 Å². The number of amides is 1. The zero-order valence-electron chi connectivity index (χ0n) is 31.4. The average Bonchev–Trinajstić information content (AvgIpc) is 3.90. The van der Waals surface area contributed by atoms with Crippen molar-refractivity contribution in [1.82, 2.24) is 25.5 Å². The number of carbonyl (C=O) groups is 2. The Kier molecular flexibility index (Phi) is 11.2. The fourth-order valence-corrected chi connectivity index (χ4v) is 8.50. The number of methoxy groups -OCH3 is 2. The molecule has 296 valence electrons. The van der Waals surface area contributed by atoms with Crippen LogP contribution in [0.2, 0.25) is 5.02 Å². The number of halogens is 4. The van der Waals surface area contributed by atoms with Gasteiger partial charge in [-0.15, -0.1) is 0 Å². The summed E-state index contributed by atoms with van der Waals surface area (Å²) >= 11 is 7.14. The summed E-state index contributed by atoms with van der Waals surface area (Å²) in [5.74, 6) is -0.851. The highest BCUT2D eigenvalue weighted by molar-refractivity contribution is 6.36. The Morgan fingerprint density at radius 2 is 1.75 bits per heavy atom. The quantitative estimate of drug-likeness (QED) is 0.108. The fourth-order valence-electron chi connectivity index (χ4n) is 8.18. The summed E-state index contributed by atoms with van der Waals surface area (Å²) in [4.78, 5) is 34.4. The summed E-state index contributed by atoms with van der Waals surface area (Å²) in [6.45, 7) is 3.11. The molecule has 4 N–H and O–H groups in total. The SMILES string of the molecule is COc1nc(-c2cccc(-c3cccc4c3CC[C@@H]4Nc3nc(OC)c(CN4CCC[C@]4(C)C(=O)O)cc3C(F)(F)F)c2Cl)ccc1CNC[C@@H]1CCC(=O)N1. The van der Waals surface area contributed by atoms with Crippen molar-refractivity contribution in [2.24, 2.45) is 0 Å². The number of fused-ring (bicyclic) bond motifs is 1. The number of hydrogen-bond acceptors (Lipinski definition) is 9.